The lowest BCUT2D eigenvalue weighted by atomic mass is 10.1. The highest BCUT2D eigenvalue weighted by molar-refractivity contribution is 8.00. The van der Waals surface area contributed by atoms with Crippen LogP contribution in [0.25, 0.3) is 0 Å². The van der Waals surface area contributed by atoms with Gasteiger partial charge in [-0.1, -0.05) is 0 Å². The molecule has 0 aromatic carbocycles. The maximum absolute atomic E-state index is 10.9. The Morgan fingerprint density at radius 2 is 2.31 bits per heavy atom. The van der Waals surface area contributed by atoms with E-state index < -0.39 is 12.0 Å². The molecule has 0 spiro atoms. The van der Waals surface area contributed by atoms with E-state index in [1.807, 2.05) is 11.8 Å². The third-order valence-corrected chi connectivity index (χ3v) is 3.79. The molecule has 0 amide bonds. The van der Waals surface area contributed by atoms with Crippen LogP contribution in [0.15, 0.2) is 0 Å². The third kappa shape index (κ3) is 1.82. The molecule has 2 aliphatic heterocycles. The van der Waals surface area contributed by atoms with Gasteiger partial charge in [0.2, 0.25) is 0 Å². The zero-order chi connectivity index (χ0) is 9.26. The Morgan fingerprint density at radius 3 is 2.85 bits per heavy atom. The molecule has 1 atom stereocenters. The summed E-state index contributed by atoms with van der Waals surface area (Å²) in [4.78, 5) is 13.0. The predicted molar refractivity (Wildman–Crippen MR) is 50.1 cm³/mol. The average Bonchev–Trinajstić information content (AvgIpc) is 2.02. The van der Waals surface area contributed by atoms with Crippen molar-refractivity contribution in [3.05, 3.63) is 0 Å². The first-order valence-corrected chi connectivity index (χ1v) is 5.58. The summed E-state index contributed by atoms with van der Waals surface area (Å²) in [5, 5.41) is 8.95. The second-order valence-electron chi connectivity index (χ2n) is 3.36. The van der Waals surface area contributed by atoms with Crippen LogP contribution < -0.4 is 0 Å². The number of carboxylic acid groups (broad SMARTS) is 1. The standard InChI is InChI=1S/C8H13NO3S/c10-8(11)7-3-12-2-1-9(7)6-4-13-5-6/h6-7H,1-5H2,(H,10,11). The summed E-state index contributed by atoms with van der Waals surface area (Å²) in [5.74, 6) is 1.39. The highest BCUT2D eigenvalue weighted by atomic mass is 32.2. The molecular formula is C8H13NO3S. The monoisotopic (exact) mass is 203 g/mol. The molecule has 2 aliphatic rings. The van der Waals surface area contributed by atoms with E-state index in [1.54, 1.807) is 0 Å². The van der Waals surface area contributed by atoms with Crippen LogP contribution in [0, 0.1) is 0 Å². The molecule has 2 fully saturated rings. The number of carbonyl (C=O) groups is 1. The van der Waals surface area contributed by atoms with Crippen molar-refractivity contribution < 1.29 is 14.6 Å². The molecular weight excluding hydrogens is 190 g/mol. The molecule has 1 unspecified atom stereocenters. The van der Waals surface area contributed by atoms with E-state index in [9.17, 15) is 4.79 Å². The Labute approximate surface area is 81.2 Å². The van der Waals surface area contributed by atoms with Crippen LogP contribution in [0.1, 0.15) is 0 Å². The van der Waals surface area contributed by atoms with E-state index in [-0.39, 0.29) is 0 Å². The van der Waals surface area contributed by atoms with Gasteiger partial charge in [-0.25, -0.2) is 0 Å². The Bertz CT molecular complexity index is 208. The van der Waals surface area contributed by atoms with Gasteiger partial charge in [-0.05, 0) is 0 Å². The lowest BCUT2D eigenvalue weighted by molar-refractivity contribution is -0.151. The normalized spacial score (nSPS) is 31.2. The molecule has 2 heterocycles. The molecule has 13 heavy (non-hydrogen) atoms. The van der Waals surface area contributed by atoms with E-state index in [2.05, 4.69) is 4.90 Å². The van der Waals surface area contributed by atoms with Crippen LogP contribution in [-0.2, 0) is 9.53 Å². The number of morpholine rings is 1. The van der Waals surface area contributed by atoms with Gasteiger partial charge in [0.1, 0.15) is 6.04 Å². The zero-order valence-corrected chi connectivity index (χ0v) is 8.13. The minimum Gasteiger partial charge on any atom is -0.480 e. The van der Waals surface area contributed by atoms with E-state index in [0.29, 0.717) is 19.3 Å². The SMILES string of the molecule is O=C(O)C1COCCN1C1CSC1. The van der Waals surface area contributed by atoms with Crippen molar-refractivity contribution in [2.45, 2.75) is 12.1 Å². The number of nitrogens with zero attached hydrogens (tertiary/aromatic N) is 1. The molecule has 0 aliphatic carbocycles. The fourth-order valence-electron chi connectivity index (χ4n) is 1.68. The molecule has 0 bridgehead atoms. The Kier molecular flexibility index (Phi) is 2.76. The van der Waals surface area contributed by atoms with Crippen molar-refractivity contribution in [1.29, 1.82) is 0 Å². The second kappa shape index (κ2) is 3.86. The smallest absolute Gasteiger partial charge is 0.323 e. The first kappa shape index (κ1) is 9.30. The summed E-state index contributed by atoms with van der Waals surface area (Å²) in [6.45, 7) is 1.78. The van der Waals surface area contributed by atoms with E-state index in [4.69, 9.17) is 9.84 Å². The summed E-state index contributed by atoms with van der Waals surface area (Å²) >= 11 is 1.88. The van der Waals surface area contributed by atoms with Crippen molar-refractivity contribution in [3.8, 4) is 0 Å². The highest BCUT2D eigenvalue weighted by Crippen LogP contribution is 2.26. The molecule has 1 N–H and O–H groups in total. The Balaban J connectivity index is 1.99. The first-order valence-electron chi connectivity index (χ1n) is 4.43. The third-order valence-electron chi connectivity index (χ3n) is 2.54. The van der Waals surface area contributed by atoms with Gasteiger partial charge < -0.3 is 9.84 Å². The van der Waals surface area contributed by atoms with Crippen molar-refractivity contribution in [1.82, 2.24) is 4.90 Å². The van der Waals surface area contributed by atoms with Crippen LogP contribution in [0.2, 0.25) is 0 Å². The van der Waals surface area contributed by atoms with Crippen LogP contribution in [0.4, 0.5) is 0 Å². The van der Waals surface area contributed by atoms with E-state index in [1.165, 1.54) is 0 Å². The van der Waals surface area contributed by atoms with Gasteiger partial charge >= 0.3 is 5.97 Å². The summed E-state index contributed by atoms with van der Waals surface area (Å²) in [6.07, 6.45) is 0. The number of rotatable bonds is 2. The number of carboxylic acids is 1. The molecule has 0 saturated carbocycles. The van der Waals surface area contributed by atoms with Gasteiger partial charge in [-0.3, -0.25) is 9.69 Å². The van der Waals surface area contributed by atoms with Gasteiger partial charge in [0.15, 0.2) is 0 Å². The number of hydrogen-bond acceptors (Lipinski definition) is 4. The number of aliphatic carboxylic acids is 1. The van der Waals surface area contributed by atoms with Crippen LogP contribution in [-0.4, -0.2) is 59.3 Å². The van der Waals surface area contributed by atoms with Gasteiger partial charge in [-0.15, -0.1) is 0 Å². The number of hydrogen-bond donors (Lipinski definition) is 1. The van der Waals surface area contributed by atoms with E-state index in [0.717, 1.165) is 18.1 Å². The fourth-order valence-corrected chi connectivity index (χ4v) is 2.51. The second-order valence-corrected chi connectivity index (χ2v) is 4.43. The predicted octanol–water partition coefficient (Wildman–Crippen LogP) is -0.113. The minimum absolute atomic E-state index is 0.344. The molecule has 0 radical (unpaired) electrons. The largest absolute Gasteiger partial charge is 0.480 e. The molecule has 4 nitrogen and oxygen atoms in total. The Morgan fingerprint density at radius 1 is 1.54 bits per heavy atom. The van der Waals surface area contributed by atoms with Crippen LogP contribution >= 0.6 is 11.8 Å². The maximum atomic E-state index is 10.9. The number of ether oxygens (including phenoxy) is 1. The average molecular weight is 203 g/mol. The number of thioether (sulfide) groups is 1. The molecule has 0 aromatic rings. The van der Waals surface area contributed by atoms with Crippen molar-refractivity contribution in [2.24, 2.45) is 0 Å². The quantitative estimate of drug-likeness (QED) is 0.678. The fraction of sp³-hybridized carbons (Fsp3) is 0.875. The highest BCUT2D eigenvalue weighted by Gasteiger charge is 2.36. The van der Waals surface area contributed by atoms with Crippen molar-refractivity contribution in [2.75, 3.05) is 31.3 Å². The molecule has 0 aromatic heterocycles. The van der Waals surface area contributed by atoms with Gasteiger partial charge in [0, 0.05) is 24.1 Å². The maximum Gasteiger partial charge on any atom is 0.323 e. The Hall–Kier alpha value is -0.260. The van der Waals surface area contributed by atoms with Gasteiger partial charge in [0.05, 0.1) is 13.2 Å². The van der Waals surface area contributed by atoms with E-state index >= 15 is 0 Å². The first-order chi connectivity index (χ1) is 6.29. The zero-order valence-electron chi connectivity index (χ0n) is 7.31. The molecule has 74 valence electrons. The topological polar surface area (TPSA) is 49.8 Å². The molecule has 5 heteroatoms. The molecule has 2 rings (SSSR count). The van der Waals surface area contributed by atoms with Crippen molar-refractivity contribution >= 4 is 17.7 Å². The molecule has 2 saturated heterocycles. The van der Waals surface area contributed by atoms with Crippen LogP contribution in [0.5, 0.6) is 0 Å². The lowest BCUT2D eigenvalue weighted by Crippen LogP contribution is -2.58. The lowest BCUT2D eigenvalue weighted by Gasteiger charge is -2.42. The van der Waals surface area contributed by atoms with Crippen LogP contribution in [0.3, 0.4) is 0 Å². The minimum atomic E-state index is -0.753. The van der Waals surface area contributed by atoms with Gasteiger partial charge in [0.25, 0.3) is 0 Å². The van der Waals surface area contributed by atoms with Crippen molar-refractivity contribution in [3.63, 3.8) is 0 Å². The summed E-state index contributed by atoms with van der Waals surface area (Å²) in [7, 11) is 0. The summed E-state index contributed by atoms with van der Waals surface area (Å²) in [6, 6.07) is 0.0506. The summed E-state index contributed by atoms with van der Waals surface area (Å²) < 4.78 is 5.16. The summed E-state index contributed by atoms with van der Waals surface area (Å²) in [5.41, 5.74) is 0. The van der Waals surface area contributed by atoms with Gasteiger partial charge in [-0.2, -0.15) is 11.8 Å².